The molecule has 0 aromatic carbocycles. The van der Waals surface area contributed by atoms with Gasteiger partial charge in [-0.15, -0.1) is 0 Å². The van der Waals surface area contributed by atoms with Gasteiger partial charge in [0.25, 0.3) is 5.91 Å². The Hall–Kier alpha value is -2.12. The lowest BCUT2D eigenvalue weighted by molar-refractivity contribution is -0.145. The number of hydrogen-bond donors (Lipinski definition) is 1. The number of aromatic nitrogens is 1. The van der Waals surface area contributed by atoms with Crippen molar-refractivity contribution in [3.05, 3.63) is 29.1 Å². The number of carboxylic acid groups (broad SMARTS) is 1. The molecule has 136 valence electrons. The average molecular weight is 356 g/mol. The van der Waals surface area contributed by atoms with Gasteiger partial charge in [-0.1, -0.05) is 0 Å². The van der Waals surface area contributed by atoms with Crippen molar-refractivity contribution >= 4 is 11.9 Å². The van der Waals surface area contributed by atoms with Gasteiger partial charge in [-0.05, 0) is 50.2 Å². The first-order chi connectivity index (χ1) is 11.7. The standard InChI is InChI=1S/C17H19F3N2O3/c1-9-12(4-5-14(21-9)17(18,19)20)15(23)22-7-10-2-3-11(8-22)13(6-10)16(24)25/h4-5,10-11,13H,2-3,6-8H2,1H3,(H,24,25). The minimum absolute atomic E-state index is 0.0335. The number of pyridine rings is 1. The van der Waals surface area contributed by atoms with E-state index in [1.54, 1.807) is 4.90 Å². The maximum atomic E-state index is 12.8. The summed E-state index contributed by atoms with van der Waals surface area (Å²) >= 11 is 0. The molecular weight excluding hydrogens is 337 g/mol. The summed E-state index contributed by atoms with van der Waals surface area (Å²) in [5, 5.41) is 9.36. The first-order valence-corrected chi connectivity index (χ1v) is 8.23. The van der Waals surface area contributed by atoms with Gasteiger partial charge in [0.15, 0.2) is 0 Å². The van der Waals surface area contributed by atoms with E-state index in [2.05, 4.69) is 4.98 Å². The van der Waals surface area contributed by atoms with E-state index >= 15 is 0 Å². The molecule has 3 atom stereocenters. The van der Waals surface area contributed by atoms with Gasteiger partial charge >= 0.3 is 12.1 Å². The zero-order valence-corrected chi connectivity index (χ0v) is 13.7. The molecule has 0 spiro atoms. The SMILES string of the molecule is Cc1nc(C(F)(F)F)ccc1C(=O)N1CC2CCC(C1)C(C(=O)O)C2. The second kappa shape index (κ2) is 6.31. The highest BCUT2D eigenvalue weighted by molar-refractivity contribution is 5.95. The molecule has 1 N–H and O–H groups in total. The van der Waals surface area contributed by atoms with Crippen molar-refractivity contribution in [3.8, 4) is 0 Å². The summed E-state index contributed by atoms with van der Waals surface area (Å²) in [7, 11) is 0. The van der Waals surface area contributed by atoms with Crippen molar-refractivity contribution in [3.63, 3.8) is 0 Å². The number of aryl methyl sites for hydroxylation is 1. The van der Waals surface area contributed by atoms with Crippen LogP contribution in [-0.4, -0.2) is 40.0 Å². The molecule has 1 amide bonds. The quantitative estimate of drug-likeness (QED) is 0.884. The lowest BCUT2D eigenvalue weighted by Gasteiger charge is -2.28. The lowest BCUT2D eigenvalue weighted by Crippen LogP contribution is -2.36. The van der Waals surface area contributed by atoms with E-state index in [0.717, 1.165) is 25.0 Å². The van der Waals surface area contributed by atoms with Crippen molar-refractivity contribution in [2.24, 2.45) is 17.8 Å². The molecule has 1 aromatic heterocycles. The van der Waals surface area contributed by atoms with Crippen molar-refractivity contribution < 1.29 is 27.9 Å². The fraction of sp³-hybridized carbons (Fsp3) is 0.588. The third kappa shape index (κ3) is 3.48. The molecule has 0 radical (unpaired) electrons. The largest absolute Gasteiger partial charge is 0.481 e. The summed E-state index contributed by atoms with van der Waals surface area (Å²) in [4.78, 5) is 29.3. The molecule has 3 unspecified atom stereocenters. The normalized spacial score (nSPS) is 26.4. The molecule has 1 aromatic rings. The Morgan fingerprint density at radius 1 is 1.24 bits per heavy atom. The van der Waals surface area contributed by atoms with Crippen LogP contribution in [0.5, 0.6) is 0 Å². The number of fused-ring (bicyclic) bond motifs is 4. The maximum absolute atomic E-state index is 12.8. The van der Waals surface area contributed by atoms with Crippen LogP contribution in [0.1, 0.15) is 41.0 Å². The minimum atomic E-state index is -4.55. The van der Waals surface area contributed by atoms with E-state index in [1.807, 2.05) is 0 Å². The van der Waals surface area contributed by atoms with Crippen LogP contribution in [0.25, 0.3) is 0 Å². The van der Waals surface area contributed by atoms with Gasteiger partial charge in [0.1, 0.15) is 5.69 Å². The monoisotopic (exact) mass is 356 g/mol. The molecule has 1 aliphatic carbocycles. The van der Waals surface area contributed by atoms with E-state index in [4.69, 9.17) is 0 Å². The third-order valence-corrected chi connectivity index (χ3v) is 5.25. The summed E-state index contributed by atoms with van der Waals surface area (Å²) in [5.74, 6) is -1.66. The van der Waals surface area contributed by atoms with Crippen LogP contribution in [0.2, 0.25) is 0 Å². The van der Waals surface area contributed by atoms with E-state index < -0.39 is 23.8 Å². The van der Waals surface area contributed by atoms with Crippen LogP contribution in [0, 0.1) is 24.7 Å². The Morgan fingerprint density at radius 3 is 2.56 bits per heavy atom. The highest BCUT2D eigenvalue weighted by Crippen LogP contribution is 2.39. The zero-order chi connectivity index (χ0) is 18.4. The van der Waals surface area contributed by atoms with Crippen LogP contribution in [0.4, 0.5) is 13.2 Å². The van der Waals surface area contributed by atoms with Gasteiger partial charge in [-0.25, -0.2) is 4.98 Å². The number of hydrogen-bond acceptors (Lipinski definition) is 3. The van der Waals surface area contributed by atoms with Gasteiger partial charge in [-0.2, -0.15) is 13.2 Å². The predicted molar refractivity (Wildman–Crippen MR) is 81.8 cm³/mol. The Kier molecular flexibility index (Phi) is 4.47. The highest BCUT2D eigenvalue weighted by atomic mass is 19.4. The molecule has 2 aliphatic heterocycles. The first kappa shape index (κ1) is 17.7. The topological polar surface area (TPSA) is 70.5 Å². The Bertz CT molecular complexity index is 705. The number of carbonyl (C=O) groups excluding carboxylic acids is 1. The third-order valence-electron chi connectivity index (χ3n) is 5.25. The van der Waals surface area contributed by atoms with Crippen LogP contribution in [-0.2, 0) is 11.0 Å². The Morgan fingerprint density at radius 2 is 1.96 bits per heavy atom. The van der Waals surface area contributed by atoms with Crippen LogP contribution in [0.15, 0.2) is 12.1 Å². The smallest absolute Gasteiger partial charge is 0.433 e. The van der Waals surface area contributed by atoms with E-state index in [-0.39, 0.29) is 29.0 Å². The summed E-state index contributed by atoms with van der Waals surface area (Å²) in [6.45, 7) is 2.15. The maximum Gasteiger partial charge on any atom is 0.433 e. The van der Waals surface area contributed by atoms with Gasteiger partial charge in [0, 0.05) is 13.1 Å². The molecule has 2 saturated heterocycles. The van der Waals surface area contributed by atoms with Gasteiger partial charge in [-0.3, -0.25) is 9.59 Å². The van der Waals surface area contributed by atoms with Crippen LogP contribution < -0.4 is 0 Å². The molecule has 3 fully saturated rings. The molecule has 1 saturated carbocycles. The Balaban J connectivity index is 1.83. The second-order valence-corrected chi connectivity index (χ2v) is 6.92. The van der Waals surface area contributed by atoms with E-state index in [9.17, 15) is 27.9 Å². The number of aliphatic carboxylic acids is 1. The number of alkyl halides is 3. The number of amides is 1. The molecule has 25 heavy (non-hydrogen) atoms. The first-order valence-electron chi connectivity index (χ1n) is 8.23. The minimum Gasteiger partial charge on any atom is -0.481 e. The van der Waals surface area contributed by atoms with Crippen molar-refractivity contribution in [2.45, 2.75) is 32.4 Å². The van der Waals surface area contributed by atoms with Gasteiger partial charge in [0.2, 0.25) is 0 Å². The lowest BCUT2D eigenvalue weighted by atomic mass is 9.76. The number of carboxylic acids is 1. The number of carbonyl (C=O) groups is 2. The molecule has 8 heteroatoms. The van der Waals surface area contributed by atoms with Crippen LogP contribution >= 0.6 is 0 Å². The van der Waals surface area contributed by atoms with Crippen molar-refractivity contribution in [1.29, 1.82) is 0 Å². The fourth-order valence-corrected chi connectivity index (χ4v) is 3.96. The summed E-state index contributed by atoms with van der Waals surface area (Å²) in [6, 6.07) is 1.97. The van der Waals surface area contributed by atoms with Crippen LogP contribution in [0.3, 0.4) is 0 Å². The van der Waals surface area contributed by atoms with Crippen molar-refractivity contribution in [1.82, 2.24) is 9.88 Å². The summed E-state index contributed by atoms with van der Waals surface area (Å²) in [6.07, 6.45) is -2.37. The second-order valence-electron chi connectivity index (χ2n) is 6.92. The average Bonchev–Trinajstić information content (AvgIpc) is 2.85. The Labute approximate surface area is 142 Å². The molecule has 3 heterocycles. The molecule has 2 bridgehead atoms. The fourth-order valence-electron chi connectivity index (χ4n) is 3.96. The summed E-state index contributed by atoms with van der Waals surface area (Å²) < 4.78 is 38.2. The number of halogens is 3. The number of rotatable bonds is 2. The molecule has 4 rings (SSSR count). The molecule has 5 nitrogen and oxygen atoms in total. The van der Waals surface area contributed by atoms with E-state index in [1.165, 1.54) is 6.92 Å². The highest BCUT2D eigenvalue weighted by Gasteiger charge is 2.41. The predicted octanol–water partition coefficient (Wildman–Crippen LogP) is 2.98. The zero-order valence-electron chi connectivity index (χ0n) is 13.7. The molecule has 3 aliphatic rings. The van der Waals surface area contributed by atoms with E-state index in [0.29, 0.717) is 19.5 Å². The number of nitrogens with zero attached hydrogens (tertiary/aromatic N) is 2. The molecular formula is C17H19F3N2O3. The van der Waals surface area contributed by atoms with Crippen molar-refractivity contribution in [2.75, 3.05) is 13.1 Å². The van der Waals surface area contributed by atoms with Gasteiger partial charge in [0.05, 0.1) is 17.2 Å². The summed E-state index contributed by atoms with van der Waals surface area (Å²) in [5.41, 5.74) is -0.851. The van der Waals surface area contributed by atoms with Gasteiger partial charge < -0.3 is 10.0 Å².